The molecular formula is C15H21N3. The molecule has 18 heavy (non-hydrogen) atoms. The van der Waals surface area contributed by atoms with Gasteiger partial charge in [-0.3, -0.25) is 0 Å². The van der Waals surface area contributed by atoms with Crippen molar-refractivity contribution < 1.29 is 0 Å². The molecule has 1 heterocycles. The highest BCUT2D eigenvalue weighted by molar-refractivity contribution is 5.78. The Bertz CT molecular complexity index is 403. The zero-order valence-corrected chi connectivity index (χ0v) is 10.8. The molecule has 96 valence electrons. The lowest BCUT2D eigenvalue weighted by atomic mass is 10.1. The van der Waals surface area contributed by atoms with Gasteiger partial charge in [0.25, 0.3) is 0 Å². The number of guanidine groups is 1. The van der Waals surface area contributed by atoms with Gasteiger partial charge in [-0.25, -0.2) is 4.99 Å². The van der Waals surface area contributed by atoms with Gasteiger partial charge in [0.1, 0.15) is 0 Å². The monoisotopic (exact) mass is 243 g/mol. The summed E-state index contributed by atoms with van der Waals surface area (Å²) in [6, 6.07) is 10.2. The molecule has 1 aliphatic heterocycles. The molecular weight excluding hydrogens is 222 g/mol. The van der Waals surface area contributed by atoms with Crippen molar-refractivity contribution >= 4 is 12.0 Å². The van der Waals surface area contributed by atoms with Crippen LogP contribution in [0.5, 0.6) is 0 Å². The third-order valence-electron chi connectivity index (χ3n) is 3.15. The molecule has 1 saturated heterocycles. The lowest BCUT2D eigenvalue weighted by Gasteiger charge is -2.27. The van der Waals surface area contributed by atoms with Gasteiger partial charge in [-0.2, -0.15) is 0 Å². The molecule has 0 atom stereocenters. The molecule has 0 aliphatic carbocycles. The molecule has 0 radical (unpaired) electrons. The van der Waals surface area contributed by atoms with Crippen LogP contribution in [0.15, 0.2) is 41.4 Å². The van der Waals surface area contributed by atoms with E-state index in [9.17, 15) is 0 Å². The van der Waals surface area contributed by atoms with E-state index >= 15 is 0 Å². The van der Waals surface area contributed by atoms with Crippen molar-refractivity contribution in [3.05, 3.63) is 42.0 Å². The van der Waals surface area contributed by atoms with Gasteiger partial charge in [-0.05, 0) is 24.8 Å². The minimum Gasteiger partial charge on any atom is -0.370 e. The maximum absolute atomic E-state index is 5.97. The van der Waals surface area contributed by atoms with E-state index in [2.05, 4.69) is 28.1 Å². The second kappa shape index (κ2) is 6.84. The van der Waals surface area contributed by atoms with E-state index in [1.165, 1.54) is 24.8 Å². The fraction of sp³-hybridized carbons (Fsp3) is 0.400. The first kappa shape index (κ1) is 12.7. The number of nitrogens with two attached hydrogens (primary N) is 1. The molecule has 2 rings (SSSR count). The SMILES string of the molecule is NC(=NCC=Cc1ccccc1)N1CCCCC1. The van der Waals surface area contributed by atoms with Gasteiger partial charge >= 0.3 is 0 Å². The quantitative estimate of drug-likeness (QED) is 0.654. The third-order valence-corrected chi connectivity index (χ3v) is 3.15. The highest BCUT2D eigenvalue weighted by Crippen LogP contribution is 2.07. The summed E-state index contributed by atoms with van der Waals surface area (Å²) < 4.78 is 0. The van der Waals surface area contributed by atoms with Crippen LogP contribution in [0.4, 0.5) is 0 Å². The molecule has 3 nitrogen and oxygen atoms in total. The Balaban J connectivity index is 1.81. The first-order valence-corrected chi connectivity index (χ1v) is 6.63. The van der Waals surface area contributed by atoms with Gasteiger partial charge in [-0.1, -0.05) is 42.5 Å². The Hall–Kier alpha value is -1.77. The predicted molar refractivity (Wildman–Crippen MR) is 77.4 cm³/mol. The van der Waals surface area contributed by atoms with Crippen LogP contribution < -0.4 is 5.73 Å². The number of aliphatic imine (C=N–C) groups is 1. The average Bonchev–Trinajstić information content (AvgIpc) is 2.45. The van der Waals surface area contributed by atoms with Crippen molar-refractivity contribution in [3.8, 4) is 0 Å². The minimum atomic E-state index is 0.650. The number of piperidine rings is 1. The Morgan fingerprint density at radius 1 is 1.17 bits per heavy atom. The predicted octanol–water partition coefficient (Wildman–Crippen LogP) is 2.50. The molecule has 1 aromatic rings. The zero-order valence-electron chi connectivity index (χ0n) is 10.8. The Morgan fingerprint density at radius 2 is 1.89 bits per heavy atom. The van der Waals surface area contributed by atoms with Crippen molar-refractivity contribution in [2.75, 3.05) is 19.6 Å². The molecule has 2 N–H and O–H groups in total. The van der Waals surface area contributed by atoms with Crippen LogP contribution in [0.3, 0.4) is 0 Å². The molecule has 0 amide bonds. The third kappa shape index (κ3) is 3.91. The molecule has 1 aromatic carbocycles. The number of rotatable bonds is 3. The Morgan fingerprint density at radius 3 is 2.61 bits per heavy atom. The van der Waals surface area contributed by atoms with E-state index in [0.29, 0.717) is 12.5 Å². The second-order valence-electron chi connectivity index (χ2n) is 4.56. The standard InChI is InChI=1S/C15H21N3/c16-15(18-12-5-2-6-13-18)17-11-7-10-14-8-3-1-4-9-14/h1,3-4,7-10H,2,5-6,11-13H2,(H2,16,17). The first-order valence-electron chi connectivity index (χ1n) is 6.63. The van der Waals surface area contributed by atoms with E-state index in [0.717, 1.165) is 13.1 Å². The number of hydrogen-bond acceptors (Lipinski definition) is 1. The van der Waals surface area contributed by atoms with Gasteiger partial charge in [0.05, 0.1) is 6.54 Å². The first-order chi connectivity index (χ1) is 8.86. The van der Waals surface area contributed by atoms with Crippen LogP contribution in [-0.4, -0.2) is 30.5 Å². The lowest BCUT2D eigenvalue weighted by molar-refractivity contribution is 0.338. The van der Waals surface area contributed by atoms with Crippen molar-refractivity contribution in [3.63, 3.8) is 0 Å². The number of nitrogens with zero attached hydrogens (tertiary/aromatic N) is 2. The zero-order chi connectivity index (χ0) is 12.6. The summed E-state index contributed by atoms with van der Waals surface area (Å²) in [6.07, 6.45) is 7.91. The van der Waals surface area contributed by atoms with Gasteiger partial charge in [0.15, 0.2) is 5.96 Å². The number of likely N-dealkylation sites (tertiary alicyclic amines) is 1. The highest BCUT2D eigenvalue weighted by Gasteiger charge is 2.10. The lowest BCUT2D eigenvalue weighted by Crippen LogP contribution is -2.40. The van der Waals surface area contributed by atoms with Gasteiger partial charge < -0.3 is 10.6 Å². The van der Waals surface area contributed by atoms with Crippen LogP contribution in [0.2, 0.25) is 0 Å². The van der Waals surface area contributed by atoms with Crippen LogP contribution in [0.1, 0.15) is 24.8 Å². The molecule has 0 unspecified atom stereocenters. The summed E-state index contributed by atoms with van der Waals surface area (Å²) in [4.78, 5) is 6.58. The van der Waals surface area contributed by atoms with Crippen molar-refractivity contribution in [1.82, 2.24) is 4.90 Å². The number of hydrogen-bond donors (Lipinski definition) is 1. The summed E-state index contributed by atoms with van der Waals surface area (Å²) in [7, 11) is 0. The molecule has 3 heteroatoms. The van der Waals surface area contributed by atoms with Crippen LogP contribution in [0.25, 0.3) is 6.08 Å². The summed E-state index contributed by atoms with van der Waals surface area (Å²) in [5.41, 5.74) is 7.17. The Labute approximate surface area is 109 Å². The van der Waals surface area contributed by atoms with Crippen LogP contribution >= 0.6 is 0 Å². The van der Waals surface area contributed by atoms with E-state index in [1.54, 1.807) is 0 Å². The smallest absolute Gasteiger partial charge is 0.191 e. The Kier molecular flexibility index (Phi) is 4.82. The van der Waals surface area contributed by atoms with Crippen molar-refractivity contribution in [2.24, 2.45) is 10.7 Å². The second-order valence-corrected chi connectivity index (χ2v) is 4.56. The van der Waals surface area contributed by atoms with Crippen LogP contribution in [-0.2, 0) is 0 Å². The molecule has 0 bridgehead atoms. The number of benzene rings is 1. The maximum atomic E-state index is 5.97. The van der Waals surface area contributed by atoms with E-state index < -0.39 is 0 Å². The summed E-state index contributed by atoms with van der Waals surface area (Å²) >= 11 is 0. The summed E-state index contributed by atoms with van der Waals surface area (Å²) in [6.45, 7) is 2.76. The average molecular weight is 243 g/mol. The molecule has 0 aromatic heterocycles. The van der Waals surface area contributed by atoms with Crippen LogP contribution in [0, 0.1) is 0 Å². The molecule has 1 aliphatic rings. The largest absolute Gasteiger partial charge is 0.370 e. The fourth-order valence-electron chi connectivity index (χ4n) is 2.12. The van der Waals surface area contributed by atoms with E-state index in [4.69, 9.17) is 5.73 Å². The van der Waals surface area contributed by atoms with Gasteiger partial charge in [0.2, 0.25) is 0 Å². The molecule has 0 saturated carbocycles. The normalized spacial score (nSPS) is 17.3. The summed E-state index contributed by atoms with van der Waals surface area (Å²) in [5, 5.41) is 0. The van der Waals surface area contributed by atoms with Crippen molar-refractivity contribution in [2.45, 2.75) is 19.3 Å². The minimum absolute atomic E-state index is 0.650. The topological polar surface area (TPSA) is 41.6 Å². The maximum Gasteiger partial charge on any atom is 0.191 e. The van der Waals surface area contributed by atoms with Crippen molar-refractivity contribution in [1.29, 1.82) is 0 Å². The fourth-order valence-corrected chi connectivity index (χ4v) is 2.12. The summed E-state index contributed by atoms with van der Waals surface area (Å²) in [5.74, 6) is 0.687. The van der Waals surface area contributed by atoms with E-state index in [1.807, 2.05) is 24.3 Å². The van der Waals surface area contributed by atoms with Gasteiger partial charge in [0, 0.05) is 13.1 Å². The van der Waals surface area contributed by atoms with E-state index in [-0.39, 0.29) is 0 Å². The molecule has 0 spiro atoms. The highest BCUT2D eigenvalue weighted by atomic mass is 15.2. The molecule has 1 fully saturated rings. The van der Waals surface area contributed by atoms with Gasteiger partial charge in [-0.15, -0.1) is 0 Å².